The van der Waals surface area contributed by atoms with Crippen LogP contribution in [0.15, 0.2) is 22.7 Å². The average molecular weight is 459 g/mol. The Morgan fingerprint density at radius 2 is 2.28 bits per heavy atom. The molecule has 1 atom stereocenters. The molecule has 1 aliphatic rings. The number of rotatable bonds is 9. The molecule has 3 rings (SSSR count). The Hall–Kier alpha value is -1.99. The fourth-order valence-corrected chi connectivity index (χ4v) is 6.04. The number of aromatic nitrogens is 4. The van der Waals surface area contributed by atoms with Gasteiger partial charge in [0.1, 0.15) is 0 Å². The lowest BCUT2D eigenvalue weighted by Crippen LogP contribution is -2.45. The predicted molar refractivity (Wildman–Crippen MR) is 109 cm³/mol. The fourth-order valence-electron chi connectivity index (χ4n) is 2.90. The van der Waals surface area contributed by atoms with Crippen molar-refractivity contribution in [3.05, 3.63) is 22.4 Å². The van der Waals surface area contributed by atoms with Crippen LogP contribution in [0.2, 0.25) is 0 Å². The molecular formula is C16H22N6O4S3. The van der Waals surface area contributed by atoms with Gasteiger partial charge in [0.2, 0.25) is 17.0 Å². The molecule has 1 fully saturated rings. The summed E-state index contributed by atoms with van der Waals surface area (Å²) < 4.78 is 24.6. The molecule has 0 aliphatic carbocycles. The normalized spacial score (nSPS) is 17.9. The third-order valence-corrected chi connectivity index (χ3v) is 7.95. The lowest BCUT2D eigenvalue weighted by Gasteiger charge is -2.21. The number of nitrogens with one attached hydrogen (secondary N) is 1. The van der Waals surface area contributed by atoms with E-state index in [0.717, 1.165) is 4.88 Å². The van der Waals surface area contributed by atoms with Crippen molar-refractivity contribution in [3.8, 4) is 0 Å². The lowest BCUT2D eigenvalue weighted by molar-refractivity contribution is -0.134. The van der Waals surface area contributed by atoms with Gasteiger partial charge in [0.15, 0.2) is 9.84 Å². The van der Waals surface area contributed by atoms with Crippen molar-refractivity contribution in [1.29, 1.82) is 0 Å². The number of tetrazole rings is 1. The van der Waals surface area contributed by atoms with Crippen LogP contribution in [-0.2, 0) is 26.0 Å². The predicted octanol–water partition coefficient (Wildman–Crippen LogP) is 0.0268. The summed E-state index contributed by atoms with van der Waals surface area (Å²) in [6.45, 7) is 2.59. The Balaban J connectivity index is 1.49. The van der Waals surface area contributed by atoms with Gasteiger partial charge in [-0.3, -0.25) is 9.59 Å². The van der Waals surface area contributed by atoms with E-state index in [2.05, 4.69) is 20.8 Å². The van der Waals surface area contributed by atoms with Crippen molar-refractivity contribution >= 4 is 44.8 Å². The maximum absolute atomic E-state index is 12.5. The van der Waals surface area contributed by atoms with E-state index < -0.39 is 9.84 Å². The van der Waals surface area contributed by atoms with E-state index in [4.69, 9.17) is 0 Å². The van der Waals surface area contributed by atoms with E-state index in [1.54, 1.807) is 22.9 Å². The highest BCUT2D eigenvalue weighted by Crippen LogP contribution is 2.17. The molecule has 0 saturated carbocycles. The molecule has 1 saturated heterocycles. The van der Waals surface area contributed by atoms with Gasteiger partial charge < -0.3 is 10.2 Å². The summed E-state index contributed by atoms with van der Waals surface area (Å²) in [6.07, 6.45) is 0.414. The molecule has 0 aromatic carbocycles. The van der Waals surface area contributed by atoms with Gasteiger partial charge in [-0.2, -0.15) is 0 Å². The van der Waals surface area contributed by atoms with Crippen molar-refractivity contribution < 1.29 is 18.0 Å². The molecule has 0 unspecified atom stereocenters. The maximum Gasteiger partial charge on any atom is 0.239 e. The molecule has 3 heterocycles. The molecule has 0 spiro atoms. The van der Waals surface area contributed by atoms with Crippen molar-refractivity contribution in [2.24, 2.45) is 0 Å². The van der Waals surface area contributed by atoms with Crippen molar-refractivity contribution in [2.45, 2.75) is 31.1 Å². The van der Waals surface area contributed by atoms with Crippen LogP contribution in [0.3, 0.4) is 0 Å². The van der Waals surface area contributed by atoms with Gasteiger partial charge in [-0.05, 0) is 35.2 Å². The second kappa shape index (κ2) is 9.67. The second-order valence-corrected chi connectivity index (χ2v) is 10.8. The highest BCUT2D eigenvalue weighted by atomic mass is 32.2. The van der Waals surface area contributed by atoms with Crippen LogP contribution < -0.4 is 5.32 Å². The summed E-state index contributed by atoms with van der Waals surface area (Å²) in [5.41, 5.74) is 0. The molecular weight excluding hydrogens is 436 g/mol. The molecule has 2 amide bonds. The monoisotopic (exact) mass is 458 g/mol. The summed E-state index contributed by atoms with van der Waals surface area (Å²) in [4.78, 5) is 27.3. The number of sulfone groups is 1. The van der Waals surface area contributed by atoms with Gasteiger partial charge in [-0.25, -0.2) is 13.1 Å². The number of carbonyl (C=O) groups is 2. The Bertz CT molecular complexity index is 944. The van der Waals surface area contributed by atoms with Gasteiger partial charge in [0, 0.05) is 17.5 Å². The average Bonchev–Trinajstić information content (AvgIpc) is 3.40. The van der Waals surface area contributed by atoms with Crippen LogP contribution in [0.4, 0.5) is 0 Å². The number of nitrogens with zero attached hydrogens (tertiary/aromatic N) is 5. The van der Waals surface area contributed by atoms with E-state index in [9.17, 15) is 18.0 Å². The first-order chi connectivity index (χ1) is 13.9. The number of thiophene rings is 1. The molecule has 2 aromatic rings. The van der Waals surface area contributed by atoms with Gasteiger partial charge in [-0.1, -0.05) is 17.8 Å². The number of hydrogen-bond acceptors (Lipinski definition) is 9. The second-order valence-electron chi connectivity index (χ2n) is 6.56. The van der Waals surface area contributed by atoms with Gasteiger partial charge in [0.25, 0.3) is 0 Å². The largest absolute Gasteiger partial charge is 0.351 e. The minimum absolute atomic E-state index is 0.0401. The van der Waals surface area contributed by atoms with E-state index in [0.29, 0.717) is 24.7 Å². The lowest BCUT2D eigenvalue weighted by atomic mass is 10.2. The topological polar surface area (TPSA) is 127 Å². The molecule has 1 N–H and O–H groups in total. The van der Waals surface area contributed by atoms with E-state index >= 15 is 0 Å². The summed E-state index contributed by atoms with van der Waals surface area (Å²) in [6, 6.07) is 3.56. The van der Waals surface area contributed by atoms with Crippen LogP contribution in [-0.4, -0.2) is 81.7 Å². The number of carbonyl (C=O) groups excluding carboxylic acids is 2. The summed E-state index contributed by atoms with van der Waals surface area (Å²) in [5.74, 6) is -0.413. The van der Waals surface area contributed by atoms with Crippen LogP contribution >= 0.6 is 23.1 Å². The zero-order valence-electron chi connectivity index (χ0n) is 15.9. The maximum atomic E-state index is 12.5. The first-order valence-corrected chi connectivity index (χ1v) is 12.7. The fraction of sp³-hybridized carbons (Fsp3) is 0.562. The first-order valence-electron chi connectivity index (χ1n) is 9.05. The van der Waals surface area contributed by atoms with Crippen molar-refractivity contribution in [3.63, 3.8) is 0 Å². The zero-order valence-corrected chi connectivity index (χ0v) is 18.3. The minimum atomic E-state index is -3.07. The van der Waals surface area contributed by atoms with E-state index in [1.165, 1.54) is 16.7 Å². The highest BCUT2D eigenvalue weighted by Gasteiger charge is 2.29. The standard InChI is InChI=1S/C16H22N6O4S3/c1-2-21(9-14(23)17-12-5-7-29(25,26)11-12)15(24)10-28-16-18-19-20-22(16)8-13-4-3-6-27-13/h3-4,6,12H,2,5,7-11H2,1H3,(H,17,23)/t12-/m1/s1. The number of hydrogen-bond donors (Lipinski definition) is 1. The Morgan fingerprint density at radius 1 is 1.45 bits per heavy atom. The minimum Gasteiger partial charge on any atom is -0.351 e. The van der Waals surface area contributed by atoms with Crippen LogP contribution in [0.1, 0.15) is 18.2 Å². The summed E-state index contributed by atoms with van der Waals surface area (Å²) >= 11 is 2.82. The molecule has 10 nitrogen and oxygen atoms in total. The van der Waals surface area contributed by atoms with E-state index in [-0.39, 0.29) is 41.7 Å². The molecule has 13 heteroatoms. The first kappa shape index (κ1) is 21.7. The molecule has 158 valence electrons. The van der Waals surface area contributed by atoms with Crippen LogP contribution in [0.25, 0.3) is 0 Å². The molecule has 1 aliphatic heterocycles. The Morgan fingerprint density at radius 3 is 2.93 bits per heavy atom. The Kier molecular flexibility index (Phi) is 7.24. The third kappa shape index (κ3) is 6.24. The Labute approximate surface area is 177 Å². The molecule has 2 aromatic heterocycles. The third-order valence-electron chi connectivity index (χ3n) is 4.38. The summed E-state index contributed by atoms with van der Waals surface area (Å²) in [7, 11) is -3.07. The smallest absolute Gasteiger partial charge is 0.239 e. The molecule has 0 radical (unpaired) electrons. The van der Waals surface area contributed by atoms with Crippen LogP contribution in [0, 0.1) is 0 Å². The SMILES string of the molecule is CCN(CC(=O)N[C@@H]1CCS(=O)(=O)C1)C(=O)CSc1nnnn1Cc1cccs1. The van der Waals surface area contributed by atoms with Crippen molar-refractivity contribution in [2.75, 3.05) is 30.3 Å². The zero-order chi connectivity index (χ0) is 20.9. The van der Waals surface area contributed by atoms with E-state index in [1.807, 2.05) is 17.5 Å². The molecule has 0 bridgehead atoms. The number of amides is 2. The number of thioether (sulfide) groups is 1. The van der Waals surface area contributed by atoms with Gasteiger partial charge in [0.05, 0.1) is 30.3 Å². The van der Waals surface area contributed by atoms with Gasteiger partial charge >= 0.3 is 0 Å². The highest BCUT2D eigenvalue weighted by molar-refractivity contribution is 7.99. The van der Waals surface area contributed by atoms with Gasteiger partial charge in [-0.15, -0.1) is 16.4 Å². The quantitative estimate of drug-likeness (QED) is 0.521. The number of likely N-dealkylation sites (N-methyl/N-ethyl adjacent to an activating group) is 1. The summed E-state index contributed by atoms with van der Waals surface area (Å²) in [5, 5.41) is 16.8. The van der Waals surface area contributed by atoms with Crippen molar-refractivity contribution in [1.82, 2.24) is 30.4 Å². The van der Waals surface area contributed by atoms with Crippen LogP contribution in [0.5, 0.6) is 0 Å². The molecule has 29 heavy (non-hydrogen) atoms.